The summed E-state index contributed by atoms with van der Waals surface area (Å²) in [7, 11) is -2.39. The molecule has 1 aliphatic rings. The lowest BCUT2D eigenvalue weighted by atomic mass is 10.1. The molecule has 3 nitrogen and oxygen atoms in total. The molecule has 0 bridgehead atoms. The summed E-state index contributed by atoms with van der Waals surface area (Å²) >= 11 is 0. The molecule has 9 heavy (non-hydrogen) atoms. The van der Waals surface area contributed by atoms with Crippen LogP contribution in [0.15, 0.2) is 0 Å². The van der Waals surface area contributed by atoms with Crippen molar-refractivity contribution in [3.05, 3.63) is 0 Å². The summed E-state index contributed by atoms with van der Waals surface area (Å²) in [6, 6.07) is 0. The number of aliphatic hydroxyl groups is 1. The SMILES string of the molecule is CC1CS(=N)(=O)CC1O. The molecule has 0 saturated carbocycles. The monoisotopic (exact) mass is 149 g/mol. The third-order valence-corrected chi connectivity index (χ3v) is 3.57. The largest absolute Gasteiger partial charge is 0.392 e. The summed E-state index contributed by atoms with van der Waals surface area (Å²) in [5, 5.41) is 9.03. The van der Waals surface area contributed by atoms with Crippen LogP contribution in [0.2, 0.25) is 0 Å². The minimum Gasteiger partial charge on any atom is -0.392 e. The van der Waals surface area contributed by atoms with E-state index in [1.54, 1.807) is 0 Å². The molecular formula is C5H11NO2S. The van der Waals surface area contributed by atoms with Crippen molar-refractivity contribution in [2.45, 2.75) is 13.0 Å². The van der Waals surface area contributed by atoms with Crippen molar-refractivity contribution in [1.29, 1.82) is 4.78 Å². The smallest absolute Gasteiger partial charge is 0.0698 e. The molecule has 54 valence electrons. The van der Waals surface area contributed by atoms with Crippen LogP contribution in [0.5, 0.6) is 0 Å². The highest BCUT2D eigenvalue weighted by Crippen LogP contribution is 2.18. The third kappa shape index (κ3) is 1.43. The van der Waals surface area contributed by atoms with Gasteiger partial charge in [-0.3, -0.25) is 4.78 Å². The number of nitrogens with one attached hydrogen (secondary N) is 1. The fraction of sp³-hybridized carbons (Fsp3) is 1.00. The van der Waals surface area contributed by atoms with Crippen molar-refractivity contribution in [3.63, 3.8) is 0 Å². The highest BCUT2D eigenvalue weighted by molar-refractivity contribution is 7.92. The first kappa shape index (κ1) is 7.02. The standard InChI is InChI=1S/C5H11NO2S/c1-4-2-9(6,8)3-5(4)7/h4-7H,2-3H2,1H3. The molecule has 3 unspecified atom stereocenters. The molecule has 1 aliphatic heterocycles. The zero-order valence-electron chi connectivity index (χ0n) is 5.33. The maximum atomic E-state index is 10.9. The molecule has 1 heterocycles. The number of hydrogen-bond acceptors (Lipinski definition) is 3. The van der Waals surface area contributed by atoms with E-state index in [9.17, 15) is 4.21 Å². The Hall–Kier alpha value is -0.0900. The van der Waals surface area contributed by atoms with Gasteiger partial charge in [-0.05, 0) is 5.92 Å². The summed E-state index contributed by atoms with van der Waals surface area (Å²) < 4.78 is 18.0. The molecule has 0 spiro atoms. The van der Waals surface area contributed by atoms with Gasteiger partial charge in [0.25, 0.3) is 0 Å². The van der Waals surface area contributed by atoms with Gasteiger partial charge in [0.15, 0.2) is 0 Å². The van der Waals surface area contributed by atoms with E-state index in [1.807, 2.05) is 6.92 Å². The lowest BCUT2D eigenvalue weighted by Gasteiger charge is -2.01. The van der Waals surface area contributed by atoms with Crippen LogP contribution in [0.25, 0.3) is 0 Å². The first-order valence-electron chi connectivity index (χ1n) is 2.93. The quantitative estimate of drug-likeness (QED) is 0.511. The minimum absolute atomic E-state index is 0.0509. The van der Waals surface area contributed by atoms with Gasteiger partial charge in [0.05, 0.1) is 11.9 Å². The highest BCUT2D eigenvalue weighted by Gasteiger charge is 2.30. The van der Waals surface area contributed by atoms with Gasteiger partial charge in [0.1, 0.15) is 0 Å². The Balaban J connectivity index is 2.77. The topological polar surface area (TPSA) is 61.2 Å². The average Bonchev–Trinajstić information content (AvgIpc) is 1.79. The van der Waals surface area contributed by atoms with Crippen molar-refractivity contribution in [2.75, 3.05) is 11.5 Å². The molecule has 1 rings (SSSR count). The van der Waals surface area contributed by atoms with Gasteiger partial charge < -0.3 is 5.11 Å². The van der Waals surface area contributed by atoms with Crippen LogP contribution in [-0.2, 0) is 9.73 Å². The second-order valence-corrected chi connectivity index (χ2v) is 4.98. The molecule has 0 aromatic heterocycles. The molecule has 0 aliphatic carbocycles. The van der Waals surface area contributed by atoms with Crippen LogP contribution < -0.4 is 0 Å². The summed E-state index contributed by atoms with van der Waals surface area (Å²) in [6.07, 6.45) is -0.505. The predicted molar refractivity (Wildman–Crippen MR) is 35.8 cm³/mol. The van der Waals surface area contributed by atoms with E-state index < -0.39 is 15.8 Å². The molecule has 0 aromatic carbocycles. The van der Waals surface area contributed by atoms with Gasteiger partial charge in [0, 0.05) is 15.5 Å². The van der Waals surface area contributed by atoms with Crippen molar-refractivity contribution in [3.8, 4) is 0 Å². The van der Waals surface area contributed by atoms with E-state index in [4.69, 9.17) is 9.89 Å². The first-order valence-corrected chi connectivity index (χ1v) is 4.83. The van der Waals surface area contributed by atoms with E-state index in [0.717, 1.165) is 0 Å². The first-order chi connectivity index (χ1) is 4.01. The zero-order chi connectivity index (χ0) is 7.07. The van der Waals surface area contributed by atoms with Crippen LogP contribution >= 0.6 is 0 Å². The maximum absolute atomic E-state index is 10.9. The lowest BCUT2D eigenvalue weighted by Crippen LogP contribution is -2.13. The third-order valence-electron chi connectivity index (χ3n) is 1.63. The van der Waals surface area contributed by atoms with Crippen molar-refractivity contribution in [1.82, 2.24) is 0 Å². The van der Waals surface area contributed by atoms with Gasteiger partial charge in [-0.25, -0.2) is 4.21 Å². The zero-order valence-corrected chi connectivity index (χ0v) is 6.15. The minimum atomic E-state index is -2.39. The van der Waals surface area contributed by atoms with Crippen LogP contribution in [0, 0.1) is 10.7 Å². The number of aliphatic hydroxyl groups excluding tert-OH is 1. The van der Waals surface area contributed by atoms with Gasteiger partial charge in [-0.1, -0.05) is 6.92 Å². The normalized spacial score (nSPS) is 51.8. The van der Waals surface area contributed by atoms with E-state index >= 15 is 0 Å². The van der Waals surface area contributed by atoms with E-state index in [1.165, 1.54) is 0 Å². The highest BCUT2D eigenvalue weighted by atomic mass is 32.2. The molecule has 1 fully saturated rings. The molecule has 2 N–H and O–H groups in total. The molecule has 0 radical (unpaired) electrons. The van der Waals surface area contributed by atoms with E-state index in [0.29, 0.717) is 5.75 Å². The molecule has 4 heteroatoms. The van der Waals surface area contributed by atoms with Crippen LogP contribution in [0.1, 0.15) is 6.92 Å². The van der Waals surface area contributed by atoms with Gasteiger partial charge in [-0.15, -0.1) is 0 Å². The van der Waals surface area contributed by atoms with Gasteiger partial charge in [0.2, 0.25) is 0 Å². The van der Waals surface area contributed by atoms with Crippen LogP contribution in [-0.4, -0.2) is 26.9 Å². The fourth-order valence-electron chi connectivity index (χ4n) is 1.04. The number of hydrogen-bond donors (Lipinski definition) is 2. The van der Waals surface area contributed by atoms with Gasteiger partial charge >= 0.3 is 0 Å². The second-order valence-electron chi connectivity index (χ2n) is 2.69. The molecule has 0 amide bonds. The predicted octanol–water partition coefficient (Wildman–Crippen LogP) is 0.0438. The maximum Gasteiger partial charge on any atom is 0.0698 e. The lowest BCUT2D eigenvalue weighted by molar-refractivity contribution is 0.159. The Bertz CT molecular complexity index is 181. The summed E-state index contributed by atoms with van der Waals surface area (Å²) in [5.41, 5.74) is 0. The summed E-state index contributed by atoms with van der Waals surface area (Å²) in [5.74, 6) is 0.595. The van der Waals surface area contributed by atoms with E-state index in [-0.39, 0.29) is 11.7 Å². The van der Waals surface area contributed by atoms with Crippen molar-refractivity contribution in [2.24, 2.45) is 5.92 Å². The van der Waals surface area contributed by atoms with Gasteiger partial charge in [-0.2, -0.15) is 0 Å². The Morgan fingerprint density at radius 1 is 1.67 bits per heavy atom. The van der Waals surface area contributed by atoms with Crippen molar-refractivity contribution < 1.29 is 9.32 Å². The fourth-order valence-corrected chi connectivity index (χ4v) is 3.13. The number of rotatable bonds is 0. The molecular weight excluding hydrogens is 138 g/mol. The summed E-state index contributed by atoms with van der Waals surface area (Å²) in [4.78, 5) is 0. The van der Waals surface area contributed by atoms with Crippen LogP contribution in [0.4, 0.5) is 0 Å². The molecule has 1 saturated heterocycles. The molecule has 3 atom stereocenters. The Morgan fingerprint density at radius 3 is 2.33 bits per heavy atom. The van der Waals surface area contributed by atoms with E-state index in [2.05, 4.69) is 0 Å². The Morgan fingerprint density at radius 2 is 2.22 bits per heavy atom. The van der Waals surface area contributed by atoms with Crippen molar-refractivity contribution >= 4 is 9.73 Å². The average molecular weight is 149 g/mol. The summed E-state index contributed by atoms with van der Waals surface area (Å²) in [6.45, 7) is 1.83. The second kappa shape index (κ2) is 1.95. The Labute approximate surface area is 55.1 Å². The van der Waals surface area contributed by atoms with Crippen LogP contribution in [0.3, 0.4) is 0 Å². The molecule has 0 aromatic rings. The Kier molecular flexibility index (Phi) is 1.52.